The third-order valence-corrected chi connectivity index (χ3v) is 4.16. The van der Waals surface area contributed by atoms with E-state index in [1.807, 2.05) is 6.92 Å². The zero-order valence-electron chi connectivity index (χ0n) is 11.8. The second-order valence-electron chi connectivity index (χ2n) is 5.72. The molecule has 21 heavy (non-hydrogen) atoms. The molecule has 0 spiro atoms. The lowest BCUT2D eigenvalue weighted by molar-refractivity contribution is -0.182. The molecule has 1 aromatic carbocycles. The van der Waals surface area contributed by atoms with E-state index in [2.05, 4.69) is 5.32 Å². The van der Waals surface area contributed by atoms with E-state index in [1.54, 1.807) is 6.07 Å². The fraction of sp³-hybridized carbons (Fsp3) is 0.600. The molecule has 3 nitrogen and oxygen atoms in total. The summed E-state index contributed by atoms with van der Waals surface area (Å²) in [6.45, 7) is 1.85. The molecule has 1 aliphatic carbocycles. The third-order valence-electron chi connectivity index (χ3n) is 4.16. The summed E-state index contributed by atoms with van der Waals surface area (Å²) < 4.78 is 37.8. The molecular weight excluding hydrogens is 283 g/mol. The summed E-state index contributed by atoms with van der Waals surface area (Å²) in [4.78, 5) is 0. The fourth-order valence-corrected chi connectivity index (χ4v) is 2.93. The molecule has 0 radical (unpaired) electrons. The normalized spacial score (nSPS) is 24.8. The van der Waals surface area contributed by atoms with E-state index in [4.69, 9.17) is 0 Å². The lowest BCUT2D eigenvalue weighted by atomic mass is 9.85. The van der Waals surface area contributed by atoms with Crippen LogP contribution < -0.4 is 5.32 Å². The maximum absolute atomic E-state index is 12.6. The van der Waals surface area contributed by atoms with E-state index in [-0.39, 0.29) is 36.4 Å². The lowest BCUT2D eigenvalue weighted by Gasteiger charge is -2.32. The highest BCUT2D eigenvalue weighted by atomic mass is 19.4. The standard InChI is InChI=1S/C15H20F3NO2/c1-9(13-7-6-12(20)8-14(13)21)19-11-4-2-10(3-5-11)15(16,17)18/h6-11,19-21H,2-5H2,1H3. The zero-order valence-corrected chi connectivity index (χ0v) is 11.8. The van der Waals surface area contributed by atoms with Crippen LogP contribution >= 0.6 is 0 Å². The highest BCUT2D eigenvalue weighted by Gasteiger charge is 2.41. The van der Waals surface area contributed by atoms with Crippen LogP contribution in [-0.2, 0) is 0 Å². The summed E-state index contributed by atoms with van der Waals surface area (Å²) in [5, 5.41) is 22.3. The number of hydrogen-bond acceptors (Lipinski definition) is 3. The van der Waals surface area contributed by atoms with Crippen LogP contribution in [0.2, 0.25) is 0 Å². The van der Waals surface area contributed by atoms with Gasteiger partial charge in [-0.15, -0.1) is 0 Å². The van der Waals surface area contributed by atoms with Crippen LogP contribution in [0.3, 0.4) is 0 Å². The Morgan fingerprint density at radius 3 is 2.29 bits per heavy atom. The molecule has 0 amide bonds. The minimum absolute atomic E-state index is 0.0148. The van der Waals surface area contributed by atoms with Gasteiger partial charge in [0.15, 0.2) is 0 Å². The van der Waals surface area contributed by atoms with Gasteiger partial charge in [-0.3, -0.25) is 0 Å². The Morgan fingerprint density at radius 1 is 1.14 bits per heavy atom. The van der Waals surface area contributed by atoms with E-state index in [0.29, 0.717) is 18.4 Å². The monoisotopic (exact) mass is 303 g/mol. The molecule has 3 N–H and O–H groups in total. The summed E-state index contributed by atoms with van der Waals surface area (Å²) in [7, 11) is 0. The van der Waals surface area contributed by atoms with Crippen LogP contribution in [0.4, 0.5) is 13.2 Å². The molecule has 0 bridgehead atoms. The van der Waals surface area contributed by atoms with Gasteiger partial charge in [0.25, 0.3) is 0 Å². The number of hydrogen-bond donors (Lipinski definition) is 3. The van der Waals surface area contributed by atoms with Crippen LogP contribution in [0.5, 0.6) is 11.5 Å². The zero-order chi connectivity index (χ0) is 15.6. The number of phenolic OH excluding ortho intramolecular Hbond substituents is 2. The Balaban J connectivity index is 1.91. The van der Waals surface area contributed by atoms with Gasteiger partial charge in [-0.05, 0) is 38.7 Å². The van der Waals surface area contributed by atoms with Gasteiger partial charge in [-0.25, -0.2) is 0 Å². The first-order valence-electron chi connectivity index (χ1n) is 7.12. The highest BCUT2D eigenvalue weighted by molar-refractivity contribution is 5.40. The van der Waals surface area contributed by atoms with Crippen LogP contribution in [0.1, 0.15) is 44.2 Å². The Hall–Kier alpha value is -1.43. The first-order valence-corrected chi connectivity index (χ1v) is 7.12. The van der Waals surface area contributed by atoms with Crippen LogP contribution in [0.25, 0.3) is 0 Å². The van der Waals surface area contributed by atoms with Crippen molar-refractivity contribution in [1.82, 2.24) is 5.32 Å². The molecule has 6 heteroatoms. The van der Waals surface area contributed by atoms with Crippen molar-refractivity contribution in [3.05, 3.63) is 23.8 Å². The molecule has 2 rings (SSSR count). The van der Waals surface area contributed by atoms with Crippen molar-refractivity contribution in [2.24, 2.45) is 5.92 Å². The first-order chi connectivity index (χ1) is 9.77. The molecule has 0 saturated heterocycles. The van der Waals surface area contributed by atoms with Gasteiger partial charge in [-0.1, -0.05) is 6.07 Å². The first kappa shape index (κ1) is 15.9. The predicted octanol–water partition coefficient (Wildman–Crippen LogP) is 3.87. The number of rotatable bonds is 3. The molecule has 0 aromatic heterocycles. The summed E-state index contributed by atoms with van der Waals surface area (Å²) in [5.74, 6) is -1.22. The summed E-state index contributed by atoms with van der Waals surface area (Å²) in [6, 6.07) is 4.19. The molecule has 1 aromatic rings. The Bertz CT molecular complexity index is 482. The van der Waals surface area contributed by atoms with Gasteiger partial charge < -0.3 is 15.5 Å². The van der Waals surface area contributed by atoms with Crippen LogP contribution in [-0.4, -0.2) is 22.4 Å². The maximum atomic E-state index is 12.6. The molecule has 1 unspecified atom stereocenters. The molecule has 0 heterocycles. The topological polar surface area (TPSA) is 52.5 Å². The number of halogens is 3. The molecular formula is C15H20F3NO2. The van der Waals surface area contributed by atoms with Gasteiger partial charge >= 0.3 is 6.18 Å². The summed E-state index contributed by atoms with van der Waals surface area (Å²) in [6.07, 6.45) is -2.84. The second-order valence-corrected chi connectivity index (χ2v) is 5.72. The number of nitrogens with one attached hydrogen (secondary N) is 1. The molecule has 1 atom stereocenters. The van der Waals surface area contributed by atoms with Gasteiger partial charge in [0, 0.05) is 23.7 Å². The smallest absolute Gasteiger partial charge is 0.391 e. The van der Waals surface area contributed by atoms with E-state index in [9.17, 15) is 23.4 Å². The number of alkyl halides is 3. The van der Waals surface area contributed by atoms with Crippen molar-refractivity contribution < 1.29 is 23.4 Å². The summed E-state index contributed by atoms with van der Waals surface area (Å²) >= 11 is 0. The fourth-order valence-electron chi connectivity index (χ4n) is 2.93. The van der Waals surface area contributed by atoms with Gasteiger partial charge in [0.2, 0.25) is 0 Å². The minimum Gasteiger partial charge on any atom is -0.508 e. The van der Waals surface area contributed by atoms with Crippen molar-refractivity contribution in [2.75, 3.05) is 0 Å². The van der Waals surface area contributed by atoms with Gasteiger partial charge in [0.1, 0.15) is 11.5 Å². The molecule has 1 saturated carbocycles. The molecule has 1 fully saturated rings. The van der Waals surface area contributed by atoms with Crippen LogP contribution in [0.15, 0.2) is 18.2 Å². The average Bonchev–Trinajstić information content (AvgIpc) is 2.38. The molecule has 1 aliphatic rings. The molecule has 118 valence electrons. The lowest BCUT2D eigenvalue weighted by Crippen LogP contribution is -2.38. The average molecular weight is 303 g/mol. The number of aromatic hydroxyl groups is 2. The quantitative estimate of drug-likeness (QED) is 0.794. The van der Waals surface area contributed by atoms with E-state index in [1.165, 1.54) is 12.1 Å². The Kier molecular flexibility index (Phi) is 4.66. The van der Waals surface area contributed by atoms with Crippen molar-refractivity contribution in [3.63, 3.8) is 0 Å². The van der Waals surface area contributed by atoms with E-state index in [0.717, 1.165) is 0 Å². The summed E-state index contributed by atoms with van der Waals surface area (Å²) in [5.41, 5.74) is 0.630. The maximum Gasteiger partial charge on any atom is 0.391 e. The Labute approximate surface area is 121 Å². The Morgan fingerprint density at radius 2 is 1.76 bits per heavy atom. The van der Waals surface area contributed by atoms with Crippen molar-refractivity contribution in [3.8, 4) is 11.5 Å². The largest absolute Gasteiger partial charge is 0.508 e. The van der Waals surface area contributed by atoms with Crippen LogP contribution in [0, 0.1) is 5.92 Å². The van der Waals surface area contributed by atoms with Crippen molar-refractivity contribution in [2.45, 2.75) is 50.9 Å². The van der Waals surface area contributed by atoms with Gasteiger partial charge in [-0.2, -0.15) is 13.2 Å². The molecule has 0 aliphatic heterocycles. The van der Waals surface area contributed by atoms with E-state index >= 15 is 0 Å². The number of benzene rings is 1. The number of phenols is 2. The van der Waals surface area contributed by atoms with Crippen molar-refractivity contribution >= 4 is 0 Å². The minimum atomic E-state index is -4.09. The highest BCUT2D eigenvalue weighted by Crippen LogP contribution is 2.38. The van der Waals surface area contributed by atoms with Crippen molar-refractivity contribution in [1.29, 1.82) is 0 Å². The van der Waals surface area contributed by atoms with E-state index < -0.39 is 12.1 Å². The third kappa shape index (κ3) is 4.03. The second kappa shape index (κ2) is 6.13. The SMILES string of the molecule is CC(NC1CCC(C(F)(F)F)CC1)c1ccc(O)cc1O. The van der Waals surface area contributed by atoms with Gasteiger partial charge in [0.05, 0.1) is 5.92 Å². The predicted molar refractivity (Wildman–Crippen MR) is 73.1 cm³/mol.